The highest BCUT2D eigenvalue weighted by atomic mass is 16.2. The molecule has 0 atom stereocenters. The van der Waals surface area contributed by atoms with Gasteiger partial charge in [-0.05, 0) is 25.7 Å². The van der Waals surface area contributed by atoms with Crippen molar-refractivity contribution in [1.29, 1.82) is 0 Å². The number of rotatable bonds is 3. The van der Waals surface area contributed by atoms with Gasteiger partial charge in [0.05, 0.1) is 6.54 Å². The van der Waals surface area contributed by atoms with Gasteiger partial charge >= 0.3 is 0 Å². The first-order valence-electron chi connectivity index (χ1n) is 5.73. The van der Waals surface area contributed by atoms with Crippen molar-refractivity contribution in [2.75, 3.05) is 19.6 Å². The fraction of sp³-hybridized carbons (Fsp3) is 0.818. The van der Waals surface area contributed by atoms with Gasteiger partial charge in [-0.3, -0.25) is 9.59 Å². The quantitative estimate of drug-likeness (QED) is 0.685. The minimum Gasteiger partial charge on any atom is -0.341 e. The molecule has 1 saturated carbocycles. The number of carbonyl (C=O) groups is 2. The van der Waals surface area contributed by atoms with Gasteiger partial charge in [-0.1, -0.05) is 0 Å². The molecule has 0 radical (unpaired) electrons. The zero-order chi connectivity index (χ0) is 10.8. The van der Waals surface area contributed by atoms with E-state index in [1.165, 1.54) is 0 Å². The molecule has 0 spiro atoms. The van der Waals surface area contributed by atoms with Crippen LogP contribution in [0, 0.1) is 0 Å². The standard InChI is InChI=1S/C11H18N2O2/c1-9(14)13(10-4-5-10)8-11(15)12-6-2-3-7-12/h10H,2-8H2,1H3. The average Bonchev–Trinajstić information content (AvgIpc) is 2.87. The van der Waals surface area contributed by atoms with Crippen LogP contribution >= 0.6 is 0 Å². The summed E-state index contributed by atoms with van der Waals surface area (Å²) in [5, 5.41) is 0. The third-order valence-corrected chi connectivity index (χ3v) is 3.16. The van der Waals surface area contributed by atoms with Crippen molar-refractivity contribution in [3.63, 3.8) is 0 Å². The predicted molar refractivity (Wildman–Crippen MR) is 56.2 cm³/mol. The summed E-state index contributed by atoms with van der Waals surface area (Å²) in [5.74, 6) is 0.152. The molecule has 1 aliphatic carbocycles. The van der Waals surface area contributed by atoms with Gasteiger partial charge < -0.3 is 9.80 Å². The largest absolute Gasteiger partial charge is 0.341 e. The molecule has 0 aromatic heterocycles. The third-order valence-electron chi connectivity index (χ3n) is 3.16. The van der Waals surface area contributed by atoms with Crippen LogP contribution in [0.1, 0.15) is 32.6 Å². The smallest absolute Gasteiger partial charge is 0.242 e. The number of carbonyl (C=O) groups excluding carboxylic acids is 2. The van der Waals surface area contributed by atoms with Crippen molar-refractivity contribution in [3.05, 3.63) is 0 Å². The normalized spacial score (nSPS) is 20.5. The van der Waals surface area contributed by atoms with Gasteiger partial charge in [0, 0.05) is 26.1 Å². The Kier molecular flexibility index (Phi) is 2.93. The summed E-state index contributed by atoms with van der Waals surface area (Å²) in [6.07, 6.45) is 4.34. The number of hydrogen-bond acceptors (Lipinski definition) is 2. The summed E-state index contributed by atoms with van der Waals surface area (Å²) in [5.41, 5.74) is 0. The van der Waals surface area contributed by atoms with Gasteiger partial charge in [0.15, 0.2) is 0 Å². The van der Waals surface area contributed by atoms with Gasteiger partial charge in [0.2, 0.25) is 11.8 Å². The molecule has 2 amide bonds. The third kappa shape index (κ3) is 2.49. The van der Waals surface area contributed by atoms with Crippen molar-refractivity contribution in [2.24, 2.45) is 0 Å². The van der Waals surface area contributed by atoms with Crippen LogP contribution < -0.4 is 0 Å². The molecule has 0 unspecified atom stereocenters. The fourth-order valence-electron chi connectivity index (χ4n) is 2.10. The van der Waals surface area contributed by atoms with Crippen molar-refractivity contribution in [1.82, 2.24) is 9.80 Å². The number of likely N-dealkylation sites (tertiary alicyclic amines) is 1. The Labute approximate surface area is 90.2 Å². The number of amides is 2. The van der Waals surface area contributed by atoms with Crippen LogP contribution in [0.4, 0.5) is 0 Å². The lowest BCUT2D eigenvalue weighted by molar-refractivity contribution is -0.139. The molecule has 0 aromatic carbocycles. The molecule has 2 aliphatic rings. The van der Waals surface area contributed by atoms with E-state index in [0.29, 0.717) is 12.6 Å². The molecular formula is C11H18N2O2. The second kappa shape index (κ2) is 4.21. The first kappa shape index (κ1) is 10.5. The topological polar surface area (TPSA) is 40.6 Å². The Morgan fingerprint density at radius 1 is 1.27 bits per heavy atom. The number of nitrogens with zero attached hydrogens (tertiary/aromatic N) is 2. The molecule has 1 saturated heterocycles. The van der Waals surface area contributed by atoms with Crippen molar-refractivity contribution in [3.8, 4) is 0 Å². The maximum Gasteiger partial charge on any atom is 0.242 e. The second-order valence-electron chi connectivity index (χ2n) is 4.47. The molecule has 2 fully saturated rings. The highest BCUT2D eigenvalue weighted by Gasteiger charge is 2.33. The monoisotopic (exact) mass is 210 g/mol. The molecular weight excluding hydrogens is 192 g/mol. The van der Waals surface area contributed by atoms with Crippen LogP contribution in [0.15, 0.2) is 0 Å². The van der Waals surface area contributed by atoms with E-state index in [2.05, 4.69) is 0 Å². The Bertz CT molecular complexity index is 268. The van der Waals surface area contributed by atoms with E-state index in [4.69, 9.17) is 0 Å². The van der Waals surface area contributed by atoms with Crippen molar-refractivity contribution < 1.29 is 9.59 Å². The van der Waals surface area contributed by atoms with E-state index in [-0.39, 0.29) is 11.8 Å². The Hall–Kier alpha value is -1.06. The zero-order valence-electron chi connectivity index (χ0n) is 9.24. The SMILES string of the molecule is CC(=O)N(CC(=O)N1CCCC1)C1CC1. The van der Waals surface area contributed by atoms with Crippen LogP contribution in [0.5, 0.6) is 0 Å². The zero-order valence-corrected chi connectivity index (χ0v) is 9.24. The molecule has 4 nitrogen and oxygen atoms in total. The maximum absolute atomic E-state index is 11.8. The molecule has 0 N–H and O–H groups in total. The summed E-state index contributed by atoms with van der Waals surface area (Å²) in [4.78, 5) is 26.8. The average molecular weight is 210 g/mol. The highest BCUT2D eigenvalue weighted by molar-refractivity contribution is 5.84. The van der Waals surface area contributed by atoms with E-state index in [0.717, 1.165) is 38.8 Å². The minimum atomic E-state index is 0.0325. The predicted octanol–water partition coefficient (Wildman–Crippen LogP) is 0.620. The summed E-state index contributed by atoms with van der Waals surface area (Å²) >= 11 is 0. The van der Waals surface area contributed by atoms with Crippen LogP contribution in [0.2, 0.25) is 0 Å². The van der Waals surface area contributed by atoms with Crippen LogP contribution in [-0.4, -0.2) is 47.3 Å². The summed E-state index contributed by atoms with van der Waals surface area (Å²) in [6, 6.07) is 0.342. The summed E-state index contributed by atoms with van der Waals surface area (Å²) in [7, 11) is 0. The van der Waals surface area contributed by atoms with Crippen LogP contribution in [0.25, 0.3) is 0 Å². The van der Waals surface area contributed by atoms with Gasteiger partial charge in [0.25, 0.3) is 0 Å². The van der Waals surface area contributed by atoms with E-state index in [9.17, 15) is 9.59 Å². The minimum absolute atomic E-state index is 0.0325. The molecule has 0 bridgehead atoms. The number of hydrogen-bond donors (Lipinski definition) is 0. The van der Waals surface area contributed by atoms with Gasteiger partial charge in [-0.25, -0.2) is 0 Å². The van der Waals surface area contributed by atoms with E-state index in [1.807, 2.05) is 4.90 Å². The van der Waals surface area contributed by atoms with Crippen LogP contribution in [-0.2, 0) is 9.59 Å². The Morgan fingerprint density at radius 2 is 1.87 bits per heavy atom. The van der Waals surface area contributed by atoms with Crippen molar-refractivity contribution in [2.45, 2.75) is 38.6 Å². The lowest BCUT2D eigenvalue weighted by atomic mass is 10.4. The molecule has 1 aliphatic heterocycles. The summed E-state index contributed by atoms with van der Waals surface area (Å²) < 4.78 is 0. The van der Waals surface area contributed by atoms with Gasteiger partial charge in [-0.2, -0.15) is 0 Å². The second-order valence-corrected chi connectivity index (χ2v) is 4.47. The van der Waals surface area contributed by atoms with Gasteiger partial charge in [-0.15, -0.1) is 0 Å². The highest BCUT2D eigenvalue weighted by Crippen LogP contribution is 2.26. The first-order valence-corrected chi connectivity index (χ1v) is 5.73. The lowest BCUT2D eigenvalue weighted by Gasteiger charge is -2.23. The molecule has 84 valence electrons. The summed E-state index contributed by atoms with van der Waals surface area (Å²) in [6.45, 7) is 3.58. The van der Waals surface area contributed by atoms with E-state index in [1.54, 1.807) is 11.8 Å². The molecule has 1 heterocycles. The molecule has 15 heavy (non-hydrogen) atoms. The van der Waals surface area contributed by atoms with E-state index < -0.39 is 0 Å². The van der Waals surface area contributed by atoms with Crippen LogP contribution in [0.3, 0.4) is 0 Å². The molecule has 4 heteroatoms. The molecule has 0 aromatic rings. The Balaban J connectivity index is 1.87. The first-order chi connectivity index (χ1) is 7.18. The maximum atomic E-state index is 11.8. The lowest BCUT2D eigenvalue weighted by Crippen LogP contribution is -2.42. The molecule has 2 rings (SSSR count). The van der Waals surface area contributed by atoms with Crippen molar-refractivity contribution >= 4 is 11.8 Å². The van der Waals surface area contributed by atoms with E-state index >= 15 is 0 Å². The Morgan fingerprint density at radius 3 is 2.33 bits per heavy atom. The fourth-order valence-corrected chi connectivity index (χ4v) is 2.10. The van der Waals surface area contributed by atoms with Gasteiger partial charge in [0.1, 0.15) is 0 Å².